The molecule has 4 heterocycles. The van der Waals surface area contributed by atoms with Crippen molar-refractivity contribution in [2.75, 3.05) is 27.3 Å². The van der Waals surface area contributed by atoms with Crippen molar-refractivity contribution in [2.24, 2.45) is 0 Å². The van der Waals surface area contributed by atoms with E-state index in [-0.39, 0.29) is 11.9 Å². The third kappa shape index (κ3) is 8.35. The highest BCUT2D eigenvalue weighted by Crippen LogP contribution is 2.32. The van der Waals surface area contributed by atoms with Gasteiger partial charge in [0, 0.05) is 74.0 Å². The number of pyridine rings is 2. The van der Waals surface area contributed by atoms with E-state index >= 15 is 0 Å². The van der Waals surface area contributed by atoms with Crippen LogP contribution in [0.1, 0.15) is 46.2 Å². The molecule has 0 radical (unpaired) electrons. The fraction of sp³-hybridized carbons (Fsp3) is 0.359. The lowest BCUT2D eigenvalue weighted by molar-refractivity contribution is -0.128. The van der Waals surface area contributed by atoms with Crippen LogP contribution in [0.4, 0.5) is 0 Å². The number of methoxy groups -OCH3 is 2. The molecule has 2 aliphatic heterocycles. The van der Waals surface area contributed by atoms with Crippen molar-refractivity contribution in [3.05, 3.63) is 106 Å². The SMILES string of the molecule is C=C1CC(CNCc2ccc(OCc3cccc(-c4cccc(COc5ccc(CNCC6CC(=O)N6)c(OC)n5)c4C)c3C)nc2OC)N1. The van der Waals surface area contributed by atoms with Crippen LogP contribution in [0.2, 0.25) is 0 Å². The number of amides is 1. The van der Waals surface area contributed by atoms with Gasteiger partial charge in [0.2, 0.25) is 29.4 Å². The Morgan fingerprint density at radius 3 is 1.58 bits per heavy atom. The molecule has 2 aromatic heterocycles. The number of hydrogen-bond acceptors (Lipinski definition) is 10. The molecule has 1 amide bonds. The molecule has 11 heteroatoms. The predicted molar refractivity (Wildman–Crippen MR) is 192 cm³/mol. The van der Waals surface area contributed by atoms with E-state index in [2.05, 4.69) is 88.1 Å². The van der Waals surface area contributed by atoms with Crippen molar-refractivity contribution in [3.63, 3.8) is 0 Å². The highest BCUT2D eigenvalue weighted by atomic mass is 16.5. The summed E-state index contributed by atoms with van der Waals surface area (Å²) in [6.45, 7) is 11.7. The molecule has 2 fully saturated rings. The van der Waals surface area contributed by atoms with E-state index in [1.54, 1.807) is 14.2 Å². The maximum Gasteiger partial charge on any atom is 0.222 e. The van der Waals surface area contributed by atoms with Crippen molar-refractivity contribution < 1.29 is 23.7 Å². The number of carbonyl (C=O) groups excluding carboxylic acids is 1. The average molecular weight is 679 g/mol. The first-order valence-electron chi connectivity index (χ1n) is 17.0. The van der Waals surface area contributed by atoms with Crippen LogP contribution in [0.15, 0.2) is 72.9 Å². The molecule has 50 heavy (non-hydrogen) atoms. The topological polar surface area (TPSA) is 128 Å². The van der Waals surface area contributed by atoms with E-state index in [0.717, 1.165) is 63.2 Å². The fourth-order valence-corrected chi connectivity index (χ4v) is 6.26. The van der Waals surface area contributed by atoms with Gasteiger partial charge in [-0.3, -0.25) is 4.79 Å². The third-order valence-corrected chi connectivity index (χ3v) is 9.26. The maximum absolute atomic E-state index is 11.1. The van der Waals surface area contributed by atoms with Gasteiger partial charge in [-0.15, -0.1) is 0 Å². The van der Waals surface area contributed by atoms with Gasteiger partial charge in [0.25, 0.3) is 0 Å². The normalized spacial score (nSPS) is 16.5. The fourth-order valence-electron chi connectivity index (χ4n) is 6.26. The molecule has 2 saturated heterocycles. The minimum absolute atomic E-state index is 0.0952. The van der Waals surface area contributed by atoms with Crippen molar-refractivity contribution in [3.8, 4) is 34.6 Å². The van der Waals surface area contributed by atoms with E-state index in [1.165, 1.54) is 0 Å². The summed E-state index contributed by atoms with van der Waals surface area (Å²) in [5, 5.41) is 13.0. The van der Waals surface area contributed by atoms with Crippen LogP contribution in [-0.4, -0.2) is 55.3 Å². The van der Waals surface area contributed by atoms with Crippen LogP contribution in [-0.2, 0) is 31.1 Å². The zero-order valence-electron chi connectivity index (χ0n) is 29.2. The summed E-state index contributed by atoms with van der Waals surface area (Å²) < 4.78 is 23.4. The molecule has 2 aromatic carbocycles. The summed E-state index contributed by atoms with van der Waals surface area (Å²) in [6.07, 6.45) is 1.57. The van der Waals surface area contributed by atoms with Crippen LogP contribution in [0, 0.1) is 13.8 Å². The summed E-state index contributed by atoms with van der Waals surface area (Å²) >= 11 is 0. The van der Waals surface area contributed by atoms with Gasteiger partial charge in [-0.1, -0.05) is 43.0 Å². The van der Waals surface area contributed by atoms with Gasteiger partial charge in [0.15, 0.2) is 0 Å². The summed E-state index contributed by atoms with van der Waals surface area (Å²) in [4.78, 5) is 20.3. The Morgan fingerprint density at radius 1 is 0.700 bits per heavy atom. The van der Waals surface area contributed by atoms with E-state index < -0.39 is 0 Å². The van der Waals surface area contributed by atoms with Crippen molar-refractivity contribution >= 4 is 5.91 Å². The lowest BCUT2D eigenvalue weighted by Crippen LogP contribution is -2.53. The standard InChI is InChI=1S/C39H46N6O5/c1-24-16-31(42-24)20-40-18-27-12-14-36(44-38(27)47-4)49-22-29-8-6-10-33(25(29)2)34-11-7-9-30(26(34)3)23-50-37-15-13-28(39(45-37)48-5)19-41-21-32-17-35(46)43-32/h6-15,31-32,40-42H,1,16-23H2,2-5H3,(H,43,46). The first kappa shape index (κ1) is 34.7. The molecule has 2 atom stereocenters. The van der Waals surface area contributed by atoms with Gasteiger partial charge in [0.05, 0.1) is 20.3 Å². The van der Waals surface area contributed by atoms with Crippen molar-refractivity contribution in [2.45, 2.75) is 65.1 Å². The van der Waals surface area contributed by atoms with Gasteiger partial charge in [-0.05, 0) is 59.4 Å². The second-order valence-electron chi connectivity index (χ2n) is 12.8. The molecular weight excluding hydrogens is 632 g/mol. The molecule has 0 bridgehead atoms. The molecule has 0 aliphatic carbocycles. The third-order valence-electron chi connectivity index (χ3n) is 9.26. The van der Waals surface area contributed by atoms with Crippen molar-refractivity contribution in [1.82, 2.24) is 31.2 Å². The summed E-state index contributed by atoms with van der Waals surface area (Å²) in [6, 6.07) is 20.9. The van der Waals surface area contributed by atoms with Crippen LogP contribution in [0.3, 0.4) is 0 Å². The Morgan fingerprint density at radius 2 is 1.16 bits per heavy atom. The van der Waals surface area contributed by atoms with E-state index in [1.807, 2.05) is 24.3 Å². The number of nitrogens with zero attached hydrogens (tertiary/aromatic N) is 2. The summed E-state index contributed by atoms with van der Waals surface area (Å²) in [5.41, 5.74) is 9.69. The first-order valence-corrected chi connectivity index (χ1v) is 17.0. The maximum atomic E-state index is 11.1. The molecule has 2 unspecified atom stereocenters. The molecule has 6 rings (SSSR count). The predicted octanol–water partition coefficient (Wildman–Crippen LogP) is 4.88. The Kier molecular flexibility index (Phi) is 11.1. The van der Waals surface area contributed by atoms with E-state index in [4.69, 9.17) is 18.9 Å². The quantitative estimate of drug-likeness (QED) is 0.115. The van der Waals surface area contributed by atoms with Crippen LogP contribution in [0.5, 0.6) is 23.5 Å². The molecule has 4 aromatic rings. The van der Waals surface area contributed by atoms with Gasteiger partial charge in [0.1, 0.15) is 13.2 Å². The lowest BCUT2D eigenvalue weighted by Gasteiger charge is -2.31. The number of benzene rings is 2. The van der Waals surface area contributed by atoms with Gasteiger partial charge >= 0.3 is 0 Å². The molecule has 2 aliphatic rings. The van der Waals surface area contributed by atoms with Crippen molar-refractivity contribution in [1.29, 1.82) is 0 Å². The van der Waals surface area contributed by atoms with Crippen LogP contribution < -0.4 is 40.2 Å². The van der Waals surface area contributed by atoms with E-state index in [0.29, 0.717) is 68.8 Å². The number of rotatable bonds is 17. The Bertz CT molecular complexity index is 1700. The lowest BCUT2D eigenvalue weighted by atomic mass is 9.92. The first-order chi connectivity index (χ1) is 24.3. The number of hydrogen-bond donors (Lipinski definition) is 4. The van der Waals surface area contributed by atoms with Gasteiger partial charge < -0.3 is 40.2 Å². The highest BCUT2D eigenvalue weighted by molar-refractivity contribution is 5.82. The second-order valence-corrected chi connectivity index (χ2v) is 12.8. The molecule has 262 valence electrons. The largest absolute Gasteiger partial charge is 0.481 e. The zero-order valence-corrected chi connectivity index (χ0v) is 29.2. The van der Waals surface area contributed by atoms with E-state index in [9.17, 15) is 4.79 Å². The summed E-state index contributed by atoms with van der Waals surface area (Å²) in [5.74, 6) is 2.17. The minimum Gasteiger partial charge on any atom is -0.481 e. The Labute approximate surface area is 293 Å². The molecule has 0 spiro atoms. The highest BCUT2D eigenvalue weighted by Gasteiger charge is 2.24. The average Bonchev–Trinajstić information content (AvgIpc) is 3.10. The van der Waals surface area contributed by atoms with Crippen LogP contribution in [0.25, 0.3) is 11.1 Å². The van der Waals surface area contributed by atoms with Gasteiger partial charge in [-0.25, -0.2) is 0 Å². The molecule has 0 saturated carbocycles. The molecule has 11 nitrogen and oxygen atoms in total. The Balaban J connectivity index is 1.06. The summed E-state index contributed by atoms with van der Waals surface area (Å²) in [7, 11) is 3.23. The van der Waals surface area contributed by atoms with Gasteiger partial charge in [-0.2, -0.15) is 9.97 Å². The Hall–Kier alpha value is -5.13. The van der Waals surface area contributed by atoms with Crippen LogP contribution >= 0.6 is 0 Å². The number of β-lactam (4-membered cyclic amide) rings is 1. The number of carbonyl (C=O) groups is 1. The number of nitrogens with one attached hydrogen (secondary N) is 4. The molecule has 4 N–H and O–H groups in total. The number of aromatic nitrogens is 2. The monoisotopic (exact) mass is 678 g/mol. The second kappa shape index (κ2) is 16.1. The zero-order chi connectivity index (χ0) is 35.0. The smallest absolute Gasteiger partial charge is 0.222 e. The number of ether oxygens (including phenoxy) is 4. The molecular formula is C39H46N6O5. The minimum atomic E-state index is 0.0952.